The second-order valence-electron chi connectivity index (χ2n) is 26.6. The summed E-state index contributed by atoms with van der Waals surface area (Å²) in [6, 6.07) is 31.3. The quantitative estimate of drug-likeness (QED) is 0.0408. The number of methoxy groups -OCH3 is 14. The standard InChI is InChI=1S/C18H18N2O4S.C15H13NO4S.C15H15NO3S.C15H13NO3S.C14H11NO4S.C12H13NO4S/c1-22-15-11-4-3-5-19-14(11)16(23-2)17-12(15)10-13(25-17)18(21)20-6-8-24-9-7-20;1-18-12-8-5-4-6-16-11(8)13(19-2)14-9(12)7-10(21-14)15(17)20-3;2*1-8(17)11-7-10-13(18-2)9-5-4-6-16-12(9)14(19-3)15(10)20-11;1-18-11-7-4-3-5-15-10(7)12(19-2)13-8(11)6-9(20-13)14(16)17;1-15-8-5-7(13)10(16-2)11-6(8)4-9(18-11)12(14)17-3/h3-5,10H,6-9H2,1-2H3;4-7H,1-3H3;4-8,17H,1-3H3;4-7H,1-3H3;3-6H,1-2H3,(H,16,17);4-5H,13H2,1-3H3. The number of pyridine rings is 5. The third kappa shape index (κ3) is 16.9. The second kappa shape index (κ2) is 39.0. The maximum atomic E-state index is 12.8. The van der Waals surface area contributed by atoms with Crippen LogP contribution in [0.3, 0.4) is 0 Å². The topological polar surface area (TPSA) is 358 Å². The van der Waals surface area contributed by atoms with Gasteiger partial charge in [0.25, 0.3) is 5.91 Å². The second-order valence-corrected chi connectivity index (χ2v) is 33.0. The minimum absolute atomic E-state index is 0.0191. The molecule has 6 aromatic carbocycles. The maximum Gasteiger partial charge on any atom is 0.348 e. The number of anilines is 1. The molecule has 1 atom stereocenters. The van der Waals surface area contributed by atoms with Gasteiger partial charge in [-0.3, -0.25) is 34.5 Å². The molecule has 4 N–H and O–H groups in total. The van der Waals surface area contributed by atoms with E-state index in [9.17, 15) is 29.1 Å². The number of aromatic nitrogens is 5. The van der Waals surface area contributed by atoms with Crippen LogP contribution >= 0.6 is 68.0 Å². The molecule has 0 saturated carbocycles. The van der Waals surface area contributed by atoms with Crippen LogP contribution in [0.5, 0.6) is 69.0 Å². The lowest BCUT2D eigenvalue weighted by Crippen LogP contribution is -2.40. The minimum Gasteiger partial charge on any atom is -0.496 e. The van der Waals surface area contributed by atoms with Crippen molar-refractivity contribution in [2.24, 2.45) is 0 Å². The van der Waals surface area contributed by atoms with Crippen molar-refractivity contribution in [2.75, 3.05) is 132 Å². The molecule has 0 radical (unpaired) electrons. The first kappa shape index (κ1) is 88.8. The van der Waals surface area contributed by atoms with E-state index in [0.717, 1.165) is 143 Å². The Morgan fingerprint density at radius 3 is 0.984 bits per heavy atom. The van der Waals surface area contributed by atoms with Crippen molar-refractivity contribution < 1.29 is 105 Å². The van der Waals surface area contributed by atoms with Gasteiger partial charge in [0.05, 0.1) is 162 Å². The van der Waals surface area contributed by atoms with Crippen LogP contribution in [-0.4, -0.2) is 195 Å². The van der Waals surface area contributed by atoms with Crippen LogP contribution < -0.4 is 62.6 Å². The molecule has 35 heteroatoms. The number of aromatic carboxylic acids is 1. The first-order valence-electron chi connectivity index (χ1n) is 37.6. The minimum atomic E-state index is -0.965. The molecule has 1 amide bonds. The average molecular weight is 1800 g/mol. The molecule has 0 bridgehead atoms. The summed E-state index contributed by atoms with van der Waals surface area (Å²) in [5.41, 5.74) is 9.99. The summed E-state index contributed by atoms with van der Waals surface area (Å²) in [7, 11) is 21.9. The van der Waals surface area contributed by atoms with E-state index in [1.165, 1.54) is 78.0 Å². The van der Waals surface area contributed by atoms with Gasteiger partial charge in [0.15, 0.2) is 40.3 Å². The number of hydrogen-bond donors (Lipinski definition) is 3. The number of rotatable bonds is 18. The van der Waals surface area contributed by atoms with Crippen LogP contribution in [0.25, 0.3) is 115 Å². The van der Waals surface area contributed by atoms with Crippen molar-refractivity contribution in [1.29, 1.82) is 0 Å². The number of morpholine rings is 1. The summed E-state index contributed by atoms with van der Waals surface area (Å²) in [6.07, 6.45) is 8.03. The molecule has 124 heavy (non-hydrogen) atoms. The van der Waals surface area contributed by atoms with Crippen LogP contribution in [-0.2, 0) is 14.2 Å². The maximum absolute atomic E-state index is 12.8. The number of hydrogen-bond acceptors (Lipinski definition) is 33. The summed E-state index contributed by atoms with van der Waals surface area (Å²) in [6.45, 7) is 5.70. The predicted octanol–water partition coefficient (Wildman–Crippen LogP) is 18.8. The highest BCUT2D eigenvalue weighted by atomic mass is 32.1. The lowest BCUT2D eigenvalue weighted by Gasteiger charge is -2.26. The Morgan fingerprint density at radius 2 is 0.661 bits per heavy atom. The number of nitrogens with zero attached hydrogens (tertiary/aromatic N) is 6. The number of nitrogen functional groups attached to an aromatic ring is 1. The first-order chi connectivity index (χ1) is 60.1. The van der Waals surface area contributed by atoms with Crippen LogP contribution in [0.2, 0.25) is 0 Å². The molecule has 1 saturated heterocycles. The Bertz CT molecular complexity index is 6490. The molecule has 17 aromatic rings. The number of carbonyl (C=O) groups excluding carboxylic acids is 4. The molecule has 0 aliphatic carbocycles. The van der Waals surface area contributed by atoms with E-state index in [0.29, 0.717) is 109 Å². The number of carboxylic acid groups (broad SMARTS) is 1. The number of ether oxygens (including phenoxy) is 15. The van der Waals surface area contributed by atoms with E-state index in [1.807, 2.05) is 77.7 Å². The highest BCUT2D eigenvalue weighted by Crippen LogP contribution is 2.52. The molecule has 11 aromatic heterocycles. The number of esters is 2. The Hall–Kier alpha value is -13.0. The lowest BCUT2D eigenvalue weighted by molar-refractivity contribution is 0.0306. The summed E-state index contributed by atoms with van der Waals surface area (Å²) >= 11 is 8.06. The summed E-state index contributed by atoms with van der Waals surface area (Å²) in [5.74, 6) is 6.31. The monoisotopic (exact) mass is 1790 g/mol. The zero-order valence-electron chi connectivity index (χ0n) is 69.9. The fourth-order valence-electron chi connectivity index (χ4n) is 14.3. The summed E-state index contributed by atoms with van der Waals surface area (Å²) in [5, 5.41) is 28.3. The molecule has 0 spiro atoms. The van der Waals surface area contributed by atoms with Gasteiger partial charge in [-0.2, -0.15) is 0 Å². The zero-order chi connectivity index (χ0) is 88.5. The van der Waals surface area contributed by atoms with Crippen molar-refractivity contribution in [1.82, 2.24) is 29.8 Å². The number of aliphatic hydroxyl groups is 1. The number of Topliss-reactive ketones (excluding diaryl/α,β-unsaturated/α-hetero) is 1. The molecule has 1 aliphatic heterocycles. The number of amides is 1. The number of carbonyl (C=O) groups is 5. The molecule has 1 fully saturated rings. The number of aliphatic hydroxyl groups excluding tert-OH is 1. The number of nitrogens with two attached hydrogens (primary N) is 1. The van der Waals surface area contributed by atoms with E-state index < -0.39 is 12.1 Å². The van der Waals surface area contributed by atoms with Gasteiger partial charge < -0.3 is 91.9 Å². The van der Waals surface area contributed by atoms with Crippen LogP contribution in [0.1, 0.15) is 73.2 Å². The van der Waals surface area contributed by atoms with Gasteiger partial charge in [0.2, 0.25) is 0 Å². The van der Waals surface area contributed by atoms with E-state index in [-0.39, 0.29) is 28.5 Å². The van der Waals surface area contributed by atoms with Gasteiger partial charge in [-0.1, -0.05) is 0 Å². The SMILES string of the molecule is COC(=O)c1cc2c(OC)c3cccnc3c(OC)c2s1.COC(=O)c1cc2c(OC)cc(N)c(OC)c2s1.COc1c2cccnc2c(OC)c2sc(C(=O)N3CCOCC3)cc12.COc1c2cccnc2c(OC)c2sc(C(=O)O)cc12.COc1c2cccnc2c(OC)c2sc(C(C)=O)cc12.COc1c2cccnc2c(OC)c2sc(C(C)O)cc12. The first-order valence-corrected chi connectivity index (χ1v) is 42.5. The molecule has 642 valence electrons. The van der Waals surface area contributed by atoms with Crippen LogP contribution in [0.15, 0.2) is 134 Å². The van der Waals surface area contributed by atoms with Gasteiger partial charge >= 0.3 is 17.9 Å². The lowest BCUT2D eigenvalue weighted by atomic mass is 10.1. The molecule has 1 aliphatic rings. The summed E-state index contributed by atoms with van der Waals surface area (Å²) < 4.78 is 85.7. The van der Waals surface area contributed by atoms with Gasteiger partial charge in [-0.25, -0.2) is 14.4 Å². The van der Waals surface area contributed by atoms with Crippen molar-refractivity contribution >= 4 is 218 Å². The van der Waals surface area contributed by atoms with Crippen LogP contribution in [0.4, 0.5) is 5.69 Å². The number of benzene rings is 6. The Balaban J connectivity index is 0.000000128. The van der Waals surface area contributed by atoms with E-state index in [4.69, 9.17) is 81.9 Å². The Morgan fingerprint density at radius 1 is 0.371 bits per heavy atom. The van der Waals surface area contributed by atoms with Gasteiger partial charge in [-0.15, -0.1) is 68.0 Å². The third-order valence-corrected chi connectivity index (χ3v) is 26.8. The molecular weight excluding hydrogens is 1710 g/mol. The van der Waals surface area contributed by atoms with Gasteiger partial charge in [0.1, 0.15) is 76.7 Å². The fraction of sp³-hybridized carbons (Fsp3) is 0.236. The zero-order valence-corrected chi connectivity index (χ0v) is 74.8. The average Bonchev–Trinajstić information content (AvgIpc) is 1.61. The highest BCUT2D eigenvalue weighted by Gasteiger charge is 2.29. The van der Waals surface area contributed by atoms with Gasteiger partial charge in [0, 0.05) is 114 Å². The van der Waals surface area contributed by atoms with Crippen LogP contribution in [0, 0.1) is 0 Å². The number of ketones is 1. The van der Waals surface area contributed by atoms with Crippen molar-refractivity contribution in [3.8, 4) is 69.0 Å². The van der Waals surface area contributed by atoms with Crippen molar-refractivity contribution in [2.45, 2.75) is 20.0 Å². The third-order valence-electron chi connectivity index (χ3n) is 19.7. The van der Waals surface area contributed by atoms with E-state index in [2.05, 4.69) is 24.9 Å². The normalized spacial score (nSPS) is 11.9. The Labute approximate surface area is 732 Å². The molecule has 1 unspecified atom stereocenters. The molecule has 29 nitrogen and oxygen atoms in total. The molecule has 12 heterocycles. The number of fused-ring (bicyclic) bond motifs is 11. The predicted molar refractivity (Wildman–Crippen MR) is 487 cm³/mol. The number of thiophene rings is 6. The Kier molecular flexibility index (Phi) is 27.9. The fourth-order valence-corrected chi connectivity index (χ4v) is 20.9. The largest absolute Gasteiger partial charge is 0.496 e. The van der Waals surface area contributed by atoms with E-state index >= 15 is 0 Å². The van der Waals surface area contributed by atoms with E-state index in [1.54, 1.807) is 153 Å². The van der Waals surface area contributed by atoms with Crippen molar-refractivity contribution in [3.05, 3.63) is 163 Å². The molecular formula is C89H83N7O22S6. The van der Waals surface area contributed by atoms with Crippen molar-refractivity contribution in [3.63, 3.8) is 0 Å². The smallest absolute Gasteiger partial charge is 0.348 e. The molecule has 18 rings (SSSR count). The highest BCUT2D eigenvalue weighted by molar-refractivity contribution is 7.23. The summed E-state index contributed by atoms with van der Waals surface area (Å²) in [4.78, 5) is 86.2. The van der Waals surface area contributed by atoms with Gasteiger partial charge in [-0.05, 0) is 111 Å². The number of carboxylic acids is 1.